The Morgan fingerprint density at radius 3 is 2.67 bits per heavy atom. The molecule has 1 rings (SSSR count). The van der Waals surface area contributed by atoms with E-state index in [0.717, 1.165) is 6.07 Å². The van der Waals surface area contributed by atoms with Crippen molar-refractivity contribution in [3.05, 3.63) is 30.1 Å². The van der Waals surface area contributed by atoms with Gasteiger partial charge in [-0.05, 0) is 25.5 Å². The number of carbonyl (C=O) groups is 1. The standard InChI is InChI=1S/C13H15F4NO3/c1-8(21-10-4-2-3-9(14)7-10)12(20)18-6-5-11(19)13(15,16)17/h2-4,7-8,11,19H,5-6H2,1H3,(H,18,20)/t8-,11-/m0/s1. The Kier molecular flexibility index (Phi) is 5.95. The van der Waals surface area contributed by atoms with Crippen molar-refractivity contribution in [3.63, 3.8) is 0 Å². The van der Waals surface area contributed by atoms with Crippen molar-refractivity contribution in [1.29, 1.82) is 0 Å². The summed E-state index contributed by atoms with van der Waals surface area (Å²) in [6.45, 7) is 1.02. The average molecular weight is 309 g/mol. The largest absolute Gasteiger partial charge is 0.481 e. The molecule has 8 heteroatoms. The van der Waals surface area contributed by atoms with E-state index < -0.39 is 36.5 Å². The van der Waals surface area contributed by atoms with Gasteiger partial charge in [-0.1, -0.05) is 6.07 Å². The molecule has 0 heterocycles. The molecule has 0 aliphatic heterocycles. The Labute approximate surface area is 118 Å². The Bertz CT molecular complexity index is 479. The molecular weight excluding hydrogens is 294 g/mol. The van der Waals surface area contributed by atoms with Gasteiger partial charge in [0, 0.05) is 12.6 Å². The van der Waals surface area contributed by atoms with E-state index in [-0.39, 0.29) is 12.3 Å². The summed E-state index contributed by atoms with van der Waals surface area (Å²) < 4.78 is 54.2. The number of carbonyl (C=O) groups excluding carboxylic acids is 1. The normalized spacial score (nSPS) is 14.4. The summed E-state index contributed by atoms with van der Waals surface area (Å²) in [5.74, 6) is -1.06. The molecule has 1 amide bonds. The second kappa shape index (κ2) is 7.26. The van der Waals surface area contributed by atoms with E-state index in [4.69, 9.17) is 9.84 Å². The van der Waals surface area contributed by atoms with Gasteiger partial charge in [-0.25, -0.2) is 4.39 Å². The molecule has 0 saturated heterocycles. The highest BCUT2D eigenvalue weighted by molar-refractivity contribution is 5.80. The van der Waals surface area contributed by atoms with Gasteiger partial charge in [0.1, 0.15) is 11.6 Å². The molecule has 0 unspecified atom stereocenters. The van der Waals surface area contributed by atoms with Crippen LogP contribution in [0, 0.1) is 5.82 Å². The number of hydrogen-bond acceptors (Lipinski definition) is 3. The van der Waals surface area contributed by atoms with Gasteiger partial charge in [0.15, 0.2) is 12.2 Å². The van der Waals surface area contributed by atoms with Gasteiger partial charge in [-0.2, -0.15) is 13.2 Å². The summed E-state index contributed by atoms with van der Waals surface area (Å²) >= 11 is 0. The van der Waals surface area contributed by atoms with Crippen LogP contribution in [-0.2, 0) is 4.79 Å². The fourth-order valence-corrected chi connectivity index (χ4v) is 1.44. The third kappa shape index (κ3) is 5.99. The highest BCUT2D eigenvalue weighted by Gasteiger charge is 2.37. The molecular formula is C13H15F4NO3. The van der Waals surface area contributed by atoms with Crippen LogP contribution in [0.25, 0.3) is 0 Å². The molecule has 0 radical (unpaired) electrons. The second-order valence-corrected chi connectivity index (χ2v) is 4.35. The van der Waals surface area contributed by atoms with Gasteiger partial charge in [0.05, 0.1) is 0 Å². The van der Waals surface area contributed by atoms with E-state index >= 15 is 0 Å². The number of benzene rings is 1. The van der Waals surface area contributed by atoms with Crippen LogP contribution in [0.4, 0.5) is 17.6 Å². The van der Waals surface area contributed by atoms with Crippen LogP contribution in [0.15, 0.2) is 24.3 Å². The van der Waals surface area contributed by atoms with Crippen molar-refractivity contribution < 1.29 is 32.2 Å². The minimum absolute atomic E-state index is 0.132. The maximum atomic E-state index is 12.9. The van der Waals surface area contributed by atoms with Gasteiger partial charge in [0.2, 0.25) is 0 Å². The van der Waals surface area contributed by atoms with Crippen LogP contribution in [-0.4, -0.2) is 35.9 Å². The minimum atomic E-state index is -4.71. The lowest BCUT2D eigenvalue weighted by molar-refractivity contribution is -0.205. The first-order chi connectivity index (χ1) is 9.70. The van der Waals surface area contributed by atoms with Gasteiger partial charge in [-0.15, -0.1) is 0 Å². The molecule has 0 spiro atoms. The Morgan fingerprint density at radius 1 is 1.43 bits per heavy atom. The molecule has 0 fully saturated rings. The van der Waals surface area contributed by atoms with Gasteiger partial charge in [-0.3, -0.25) is 4.79 Å². The van der Waals surface area contributed by atoms with Crippen LogP contribution >= 0.6 is 0 Å². The van der Waals surface area contributed by atoms with Crippen molar-refractivity contribution in [1.82, 2.24) is 5.32 Å². The van der Waals surface area contributed by atoms with Crippen molar-refractivity contribution in [2.75, 3.05) is 6.54 Å². The lowest BCUT2D eigenvalue weighted by Crippen LogP contribution is -2.39. The number of ether oxygens (including phenoxy) is 1. The van der Waals surface area contributed by atoms with Crippen LogP contribution in [0.2, 0.25) is 0 Å². The Hall–Kier alpha value is -1.83. The van der Waals surface area contributed by atoms with E-state index in [1.807, 2.05) is 0 Å². The van der Waals surface area contributed by atoms with Gasteiger partial charge < -0.3 is 15.2 Å². The summed E-state index contributed by atoms with van der Waals surface area (Å²) in [5.41, 5.74) is 0. The van der Waals surface area contributed by atoms with E-state index in [9.17, 15) is 22.4 Å². The first-order valence-electron chi connectivity index (χ1n) is 6.15. The fraction of sp³-hybridized carbons (Fsp3) is 0.462. The average Bonchev–Trinajstić information content (AvgIpc) is 2.37. The maximum Gasteiger partial charge on any atom is 0.414 e. The van der Waals surface area contributed by atoms with Crippen molar-refractivity contribution in [2.24, 2.45) is 0 Å². The Balaban J connectivity index is 2.38. The molecule has 2 atom stereocenters. The molecule has 21 heavy (non-hydrogen) atoms. The minimum Gasteiger partial charge on any atom is -0.481 e. The molecule has 0 aromatic heterocycles. The molecule has 0 saturated carbocycles. The van der Waals surface area contributed by atoms with E-state index in [0.29, 0.717) is 0 Å². The number of aliphatic hydroxyl groups is 1. The van der Waals surface area contributed by atoms with Crippen molar-refractivity contribution in [2.45, 2.75) is 31.7 Å². The number of hydrogen-bond donors (Lipinski definition) is 2. The molecule has 0 aliphatic carbocycles. The molecule has 1 aromatic carbocycles. The van der Waals surface area contributed by atoms with E-state index in [2.05, 4.69) is 5.32 Å². The number of alkyl halides is 3. The molecule has 2 N–H and O–H groups in total. The first-order valence-corrected chi connectivity index (χ1v) is 6.15. The second-order valence-electron chi connectivity index (χ2n) is 4.35. The zero-order valence-electron chi connectivity index (χ0n) is 11.2. The smallest absolute Gasteiger partial charge is 0.414 e. The summed E-state index contributed by atoms with van der Waals surface area (Å²) in [6, 6.07) is 5.13. The summed E-state index contributed by atoms with van der Waals surface area (Å²) in [5, 5.41) is 11.0. The number of rotatable bonds is 6. The molecule has 0 bridgehead atoms. The molecule has 1 aromatic rings. The van der Waals surface area contributed by atoms with Crippen LogP contribution < -0.4 is 10.1 Å². The van der Waals surface area contributed by atoms with Crippen LogP contribution in [0.1, 0.15) is 13.3 Å². The third-order valence-corrected chi connectivity index (χ3v) is 2.57. The highest BCUT2D eigenvalue weighted by Crippen LogP contribution is 2.21. The summed E-state index contributed by atoms with van der Waals surface area (Å²) in [4.78, 5) is 11.6. The quantitative estimate of drug-likeness (QED) is 0.791. The van der Waals surface area contributed by atoms with Crippen LogP contribution in [0.3, 0.4) is 0 Å². The van der Waals surface area contributed by atoms with Crippen molar-refractivity contribution >= 4 is 5.91 Å². The number of halogens is 4. The summed E-state index contributed by atoms with van der Waals surface area (Å²) in [7, 11) is 0. The topological polar surface area (TPSA) is 58.6 Å². The zero-order valence-corrected chi connectivity index (χ0v) is 11.2. The first kappa shape index (κ1) is 17.2. The predicted octanol–water partition coefficient (Wildman–Crippen LogP) is 2.02. The number of nitrogens with one attached hydrogen (secondary N) is 1. The molecule has 0 aliphatic rings. The number of amides is 1. The highest BCUT2D eigenvalue weighted by atomic mass is 19.4. The van der Waals surface area contributed by atoms with Crippen LogP contribution in [0.5, 0.6) is 5.75 Å². The fourth-order valence-electron chi connectivity index (χ4n) is 1.44. The molecule has 4 nitrogen and oxygen atoms in total. The number of aliphatic hydroxyl groups excluding tert-OH is 1. The zero-order chi connectivity index (χ0) is 16.0. The lowest BCUT2D eigenvalue weighted by atomic mass is 10.2. The van der Waals surface area contributed by atoms with E-state index in [1.54, 1.807) is 0 Å². The monoisotopic (exact) mass is 309 g/mol. The Morgan fingerprint density at radius 2 is 2.10 bits per heavy atom. The van der Waals surface area contributed by atoms with Gasteiger partial charge >= 0.3 is 6.18 Å². The molecule has 118 valence electrons. The predicted molar refractivity (Wildman–Crippen MR) is 66.2 cm³/mol. The van der Waals surface area contributed by atoms with Crippen molar-refractivity contribution in [3.8, 4) is 5.75 Å². The maximum absolute atomic E-state index is 12.9. The van der Waals surface area contributed by atoms with E-state index in [1.165, 1.54) is 25.1 Å². The van der Waals surface area contributed by atoms with Gasteiger partial charge in [0.25, 0.3) is 5.91 Å². The third-order valence-electron chi connectivity index (χ3n) is 2.57. The summed E-state index contributed by atoms with van der Waals surface area (Å²) in [6.07, 6.45) is -8.86. The lowest BCUT2D eigenvalue weighted by Gasteiger charge is -2.17. The SMILES string of the molecule is C[C@H](Oc1cccc(F)c1)C(=O)NCC[C@H](O)C(F)(F)F.